The lowest BCUT2D eigenvalue weighted by molar-refractivity contribution is 0.101. The molecule has 1 heterocycles. The number of phenolic OH excluding ortho intramolecular Hbond substituents is 2. The number of nitrogens with one attached hydrogen (secondary N) is 1. The van der Waals surface area contributed by atoms with Gasteiger partial charge in [-0.05, 0) is 32.9 Å². The molecule has 3 N–H and O–H groups in total. The summed E-state index contributed by atoms with van der Waals surface area (Å²) < 4.78 is 0. The molecule has 4 heteroatoms. The summed E-state index contributed by atoms with van der Waals surface area (Å²) in [6, 6.07) is 5.73. The van der Waals surface area contributed by atoms with Crippen LogP contribution in [0.4, 0.5) is 0 Å². The van der Waals surface area contributed by atoms with E-state index >= 15 is 0 Å². The van der Waals surface area contributed by atoms with E-state index in [9.17, 15) is 10.2 Å². The van der Waals surface area contributed by atoms with Crippen molar-refractivity contribution in [3.8, 4) is 11.5 Å². The van der Waals surface area contributed by atoms with E-state index in [0.29, 0.717) is 17.6 Å². The van der Waals surface area contributed by atoms with Crippen LogP contribution >= 0.6 is 0 Å². The maximum Gasteiger partial charge on any atom is 0.124 e. The van der Waals surface area contributed by atoms with Crippen LogP contribution in [-0.2, 0) is 0 Å². The maximum absolute atomic E-state index is 9.94. The van der Waals surface area contributed by atoms with Gasteiger partial charge in [0.05, 0.1) is 5.56 Å². The Balaban J connectivity index is 2.27. The summed E-state index contributed by atoms with van der Waals surface area (Å²) >= 11 is 0. The topological polar surface area (TPSA) is 55.7 Å². The lowest BCUT2D eigenvalue weighted by Gasteiger charge is -2.41. The molecule has 1 saturated heterocycles. The van der Waals surface area contributed by atoms with Gasteiger partial charge in [-0.2, -0.15) is 0 Å². The second-order valence-electron chi connectivity index (χ2n) is 5.24. The van der Waals surface area contributed by atoms with Crippen molar-refractivity contribution in [1.82, 2.24) is 10.2 Å². The highest BCUT2D eigenvalue weighted by atomic mass is 16.3. The molecule has 1 aliphatic heterocycles. The van der Waals surface area contributed by atoms with E-state index in [0.717, 1.165) is 13.1 Å². The van der Waals surface area contributed by atoms with Crippen molar-refractivity contribution < 1.29 is 10.2 Å². The summed E-state index contributed by atoms with van der Waals surface area (Å²) in [5.41, 5.74) is 0.624. The Hall–Kier alpha value is -1.26. The number of phenols is 2. The van der Waals surface area contributed by atoms with E-state index < -0.39 is 0 Å². The Morgan fingerprint density at radius 3 is 2.50 bits per heavy atom. The molecule has 3 unspecified atom stereocenters. The monoisotopic (exact) mass is 250 g/mol. The van der Waals surface area contributed by atoms with Crippen LogP contribution in [0.1, 0.15) is 32.4 Å². The SMILES string of the molecule is CC1CN(C(C)c2c(O)cccc2O)C(C)CN1. The van der Waals surface area contributed by atoms with Crippen LogP contribution in [-0.4, -0.2) is 40.3 Å². The fourth-order valence-corrected chi connectivity index (χ4v) is 2.72. The zero-order valence-corrected chi connectivity index (χ0v) is 11.2. The molecule has 0 spiro atoms. The highest BCUT2D eigenvalue weighted by Gasteiger charge is 2.29. The van der Waals surface area contributed by atoms with Crippen molar-refractivity contribution in [2.45, 2.75) is 38.9 Å². The third-order valence-corrected chi connectivity index (χ3v) is 3.79. The van der Waals surface area contributed by atoms with Gasteiger partial charge in [0.25, 0.3) is 0 Å². The summed E-state index contributed by atoms with van der Waals surface area (Å²) in [7, 11) is 0. The number of rotatable bonds is 2. The van der Waals surface area contributed by atoms with Gasteiger partial charge in [-0.25, -0.2) is 0 Å². The van der Waals surface area contributed by atoms with Gasteiger partial charge in [-0.15, -0.1) is 0 Å². The Kier molecular flexibility index (Phi) is 3.78. The van der Waals surface area contributed by atoms with Crippen molar-refractivity contribution in [3.05, 3.63) is 23.8 Å². The first kappa shape index (κ1) is 13.2. The minimum absolute atomic E-state index is 0.00532. The highest BCUT2D eigenvalue weighted by molar-refractivity contribution is 5.45. The predicted octanol–water partition coefficient (Wildman–Crippen LogP) is 1.84. The Morgan fingerprint density at radius 1 is 1.28 bits per heavy atom. The van der Waals surface area contributed by atoms with E-state index in [1.807, 2.05) is 6.92 Å². The fraction of sp³-hybridized carbons (Fsp3) is 0.571. The maximum atomic E-state index is 9.94. The van der Waals surface area contributed by atoms with E-state index in [1.54, 1.807) is 18.2 Å². The molecule has 4 nitrogen and oxygen atoms in total. The van der Waals surface area contributed by atoms with Gasteiger partial charge in [0, 0.05) is 31.2 Å². The molecular weight excluding hydrogens is 228 g/mol. The Bertz CT molecular complexity index is 402. The molecule has 1 aromatic rings. The molecular formula is C14H22N2O2. The first-order valence-electron chi connectivity index (χ1n) is 6.50. The normalized spacial score (nSPS) is 27.1. The minimum Gasteiger partial charge on any atom is -0.507 e. The number of nitrogens with zero attached hydrogens (tertiary/aromatic N) is 1. The van der Waals surface area contributed by atoms with Crippen LogP contribution in [0.2, 0.25) is 0 Å². The summed E-state index contributed by atoms with van der Waals surface area (Å²) in [4.78, 5) is 2.32. The number of benzene rings is 1. The molecule has 2 rings (SSSR count). The smallest absolute Gasteiger partial charge is 0.124 e. The van der Waals surface area contributed by atoms with Crippen LogP contribution in [0.25, 0.3) is 0 Å². The summed E-state index contributed by atoms with van der Waals surface area (Å²) in [6.07, 6.45) is 0. The van der Waals surface area contributed by atoms with Gasteiger partial charge in [-0.3, -0.25) is 4.90 Å². The quantitative estimate of drug-likeness (QED) is 0.749. The average Bonchev–Trinajstić information content (AvgIpc) is 2.32. The average molecular weight is 250 g/mol. The van der Waals surface area contributed by atoms with Gasteiger partial charge in [0.15, 0.2) is 0 Å². The van der Waals surface area contributed by atoms with E-state index in [1.165, 1.54) is 0 Å². The number of aromatic hydroxyl groups is 2. The largest absolute Gasteiger partial charge is 0.507 e. The fourth-order valence-electron chi connectivity index (χ4n) is 2.72. The van der Waals surface area contributed by atoms with Gasteiger partial charge in [0.2, 0.25) is 0 Å². The van der Waals surface area contributed by atoms with Crippen LogP contribution in [0.5, 0.6) is 11.5 Å². The molecule has 0 amide bonds. The molecule has 0 aromatic heterocycles. The zero-order valence-electron chi connectivity index (χ0n) is 11.2. The third kappa shape index (κ3) is 2.44. The number of hydrogen-bond acceptors (Lipinski definition) is 4. The number of piperazine rings is 1. The van der Waals surface area contributed by atoms with Crippen molar-refractivity contribution in [3.63, 3.8) is 0 Å². The van der Waals surface area contributed by atoms with E-state index in [4.69, 9.17) is 0 Å². The van der Waals surface area contributed by atoms with E-state index in [2.05, 4.69) is 24.1 Å². The van der Waals surface area contributed by atoms with Crippen LogP contribution in [0.3, 0.4) is 0 Å². The number of hydrogen-bond donors (Lipinski definition) is 3. The molecule has 3 atom stereocenters. The van der Waals surface area contributed by atoms with Crippen molar-refractivity contribution >= 4 is 0 Å². The second-order valence-corrected chi connectivity index (χ2v) is 5.24. The lowest BCUT2D eigenvalue weighted by Crippen LogP contribution is -2.54. The molecule has 0 saturated carbocycles. The van der Waals surface area contributed by atoms with Gasteiger partial charge >= 0.3 is 0 Å². The minimum atomic E-state index is 0.00532. The second kappa shape index (κ2) is 5.16. The van der Waals surface area contributed by atoms with Gasteiger partial charge < -0.3 is 15.5 Å². The van der Waals surface area contributed by atoms with Crippen LogP contribution < -0.4 is 5.32 Å². The molecule has 18 heavy (non-hydrogen) atoms. The molecule has 0 radical (unpaired) electrons. The van der Waals surface area contributed by atoms with Crippen LogP contribution in [0, 0.1) is 0 Å². The molecule has 1 fully saturated rings. The molecule has 0 aliphatic carbocycles. The lowest BCUT2D eigenvalue weighted by atomic mass is 10.0. The first-order valence-corrected chi connectivity index (χ1v) is 6.50. The van der Waals surface area contributed by atoms with Crippen molar-refractivity contribution in [2.75, 3.05) is 13.1 Å². The zero-order chi connectivity index (χ0) is 13.3. The van der Waals surface area contributed by atoms with E-state index in [-0.39, 0.29) is 17.5 Å². The van der Waals surface area contributed by atoms with Gasteiger partial charge in [-0.1, -0.05) is 6.07 Å². The summed E-state index contributed by atoms with van der Waals surface area (Å²) in [5, 5.41) is 23.3. The standard InChI is InChI=1S/C14H22N2O2/c1-9-8-16(10(2)7-15-9)11(3)14-12(17)5-4-6-13(14)18/h4-6,9-11,15,17-18H,7-8H2,1-3H3. The summed E-state index contributed by atoms with van der Waals surface area (Å²) in [5.74, 6) is 0.335. The van der Waals surface area contributed by atoms with Crippen LogP contribution in [0.15, 0.2) is 18.2 Å². The summed E-state index contributed by atoms with van der Waals surface area (Å²) in [6.45, 7) is 8.18. The Labute approximate surface area is 108 Å². The molecule has 1 aromatic carbocycles. The third-order valence-electron chi connectivity index (χ3n) is 3.79. The molecule has 0 bridgehead atoms. The van der Waals surface area contributed by atoms with Crippen molar-refractivity contribution in [1.29, 1.82) is 0 Å². The molecule has 100 valence electrons. The molecule has 1 aliphatic rings. The Morgan fingerprint density at radius 2 is 1.89 bits per heavy atom. The van der Waals surface area contributed by atoms with Crippen molar-refractivity contribution in [2.24, 2.45) is 0 Å². The highest BCUT2D eigenvalue weighted by Crippen LogP contribution is 2.36. The predicted molar refractivity (Wildman–Crippen MR) is 71.8 cm³/mol. The first-order chi connectivity index (χ1) is 8.50. The van der Waals surface area contributed by atoms with Gasteiger partial charge in [0.1, 0.15) is 11.5 Å².